The Morgan fingerprint density at radius 3 is 1.37 bits per heavy atom. The SMILES string of the molecule is c1cc2cc(c1)N(c1ccc3c(c1)oc1ccccc13)c1cccc(c1)-c1cccc(c1)N(c1ccc3c4ccccc4n(-c4cccc5ccccc45)c3c1)c1cccc-2c1. The van der Waals surface area contributed by atoms with Crippen LogP contribution in [-0.2, 0) is 0 Å². The summed E-state index contributed by atoms with van der Waals surface area (Å²) in [6, 6.07) is 81.5. The first-order valence-corrected chi connectivity index (χ1v) is 21.2. The minimum atomic E-state index is 0.867. The molecule has 0 radical (unpaired) electrons. The van der Waals surface area contributed by atoms with Gasteiger partial charge in [-0.1, -0.05) is 127 Å². The lowest BCUT2D eigenvalue weighted by Crippen LogP contribution is -2.11. The molecule has 0 N–H and O–H groups in total. The maximum Gasteiger partial charge on any atom is 0.137 e. The fourth-order valence-corrected chi connectivity index (χ4v) is 9.81. The molecule has 0 fully saturated rings. The molecule has 4 nitrogen and oxygen atoms in total. The fraction of sp³-hybridized carbons (Fsp3) is 0. The smallest absolute Gasteiger partial charge is 0.137 e. The molecule has 2 aromatic heterocycles. The highest BCUT2D eigenvalue weighted by Crippen LogP contribution is 2.45. The van der Waals surface area contributed by atoms with Crippen molar-refractivity contribution in [3.8, 4) is 27.9 Å². The Morgan fingerprint density at radius 1 is 0.274 bits per heavy atom. The first kappa shape index (κ1) is 34.5. The van der Waals surface area contributed by atoms with E-state index in [9.17, 15) is 0 Å². The predicted octanol–water partition coefficient (Wildman–Crippen LogP) is 16.4. The number of rotatable bonds is 3. The molecule has 12 aromatic rings. The number of hydrogen-bond donors (Lipinski definition) is 0. The van der Waals surface area contributed by atoms with E-state index in [-0.39, 0.29) is 0 Å². The Balaban J connectivity index is 1.02. The highest BCUT2D eigenvalue weighted by molar-refractivity contribution is 6.12. The molecule has 3 heterocycles. The van der Waals surface area contributed by atoms with Crippen molar-refractivity contribution in [2.75, 3.05) is 9.80 Å². The Morgan fingerprint density at radius 2 is 0.726 bits per heavy atom. The zero-order valence-corrected chi connectivity index (χ0v) is 33.6. The Bertz CT molecular complexity index is 3650. The monoisotopic (exact) mass is 791 g/mol. The van der Waals surface area contributed by atoms with Crippen molar-refractivity contribution in [3.05, 3.63) is 224 Å². The minimum absolute atomic E-state index is 0.867. The number of nitrogens with zero attached hydrogens (tertiary/aromatic N) is 3. The second-order valence-corrected chi connectivity index (χ2v) is 16.2. The van der Waals surface area contributed by atoms with Crippen LogP contribution in [0.3, 0.4) is 0 Å². The van der Waals surface area contributed by atoms with Crippen molar-refractivity contribution in [1.29, 1.82) is 0 Å². The second kappa shape index (κ2) is 13.6. The van der Waals surface area contributed by atoms with E-state index in [2.05, 4.69) is 227 Å². The Kier molecular flexibility index (Phi) is 7.57. The molecule has 0 aliphatic carbocycles. The lowest BCUT2D eigenvalue weighted by Gasteiger charge is -2.28. The summed E-state index contributed by atoms with van der Waals surface area (Å²) in [5.41, 5.74) is 16.2. The molecule has 10 aromatic carbocycles. The predicted molar refractivity (Wildman–Crippen MR) is 259 cm³/mol. The minimum Gasteiger partial charge on any atom is -0.456 e. The maximum absolute atomic E-state index is 6.42. The first-order chi connectivity index (χ1) is 30.7. The van der Waals surface area contributed by atoms with Crippen molar-refractivity contribution in [3.63, 3.8) is 0 Å². The molecule has 0 spiro atoms. The van der Waals surface area contributed by atoms with Gasteiger partial charge >= 0.3 is 0 Å². The molecule has 0 saturated heterocycles. The largest absolute Gasteiger partial charge is 0.456 e. The molecular weight excluding hydrogens is 755 g/mol. The summed E-state index contributed by atoms with van der Waals surface area (Å²) in [4.78, 5) is 4.75. The van der Waals surface area contributed by atoms with Crippen LogP contribution >= 0.6 is 0 Å². The van der Waals surface area contributed by atoms with Crippen LogP contribution in [0.15, 0.2) is 229 Å². The van der Waals surface area contributed by atoms with Gasteiger partial charge in [0.2, 0.25) is 0 Å². The number of fused-ring (bicyclic) bond motifs is 17. The van der Waals surface area contributed by atoms with E-state index < -0.39 is 0 Å². The van der Waals surface area contributed by atoms with E-state index in [1.165, 1.54) is 32.7 Å². The van der Waals surface area contributed by atoms with E-state index in [4.69, 9.17) is 4.42 Å². The number of para-hydroxylation sites is 2. The third-order valence-electron chi connectivity index (χ3n) is 12.6. The lowest BCUT2D eigenvalue weighted by molar-refractivity contribution is 0.669. The van der Waals surface area contributed by atoms with Gasteiger partial charge in [-0.15, -0.1) is 0 Å². The summed E-state index contributed by atoms with van der Waals surface area (Å²) in [5.74, 6) is 0. The van der Waals surface area contributed by atoms with Gasteiger partial charge in [0.25, 0.3) is 0 Å². The van der Waals surface area contributed by atoms with E-state index in [1.807, 2.05) is 12.1 Å². The van der Waals surface area contributed by atoms with Gasteiger partial charge in [-0.25, -0.2) is 0 Å². The Labute approximate surface area is 358 Å². The molecule has 13 rings (SSSR count). The van der Waals surface area contributed by atoms with E-state index >= 15 is 0 Å². The molecule has 62 heavy (non-hydrogen) atoms. The van der Waals surface area contributed by atoms with Gasteiger partial charge in [0.15, 0.2) is 0 Å². The zero-order chi connectivity index (χ0) is 40.7. The summed E-state index contributed by atoms with van der Waals surface area (Å²) < 4.78 is 8.87. The van der Waals surface area contributed by atoms with Crippen LogP contribution in [0, 0.1) is 0 Å². The average molecular weight is 792 g/mol. The van der Waals surface area contributed by atoms with Gasteiger partial charge in [-0.3, -0.25) is 0 Å². The van der Waals surface area contributed by atoms with E-state index in [0.29, 0.717) is 0 Å². The Hall–Kier alpha value is -8.34. The highest BCUT2D eigenvalue weighted by Gasteiger charge is 2.22. The number of hydrogen-bond acceptors (Lipinski definition) is 3. The zero-order valence-electron chi connectivity index (χ0n) is 33.6. The number of aromatic nitrogens is 1. The van der Waals surface area contributed by atoms with Crippen LogP contribution in [0.2, 0.25) is 0 Å². The van der Waals surface area contributed by atoms with Crippen LogP contribution in [0.4, 0.5) is 34.1 Å². The number of furan rings is 1. The van der Waals surface area contributed by atoms with Crippen LogP contribution in [0.5, 0.6) is 0 Å². The summed E-state index contributed by atoms with van der Waals surface area (Å²) in [5, 5.41) is 7.14. The van der Waals surface area contributed by atoms with Crippen LogP contribution in [0.1, 0.15) is 0 Å². The fourth-order valence-electron chi connectivity index (χ4n) is 9.81. The third-order valence-corrected chi connectivity index (χ3v) is 12.6. The van der Waals surface area contributed by atoms with Crippen LogP contribution < -0.4 is 9.80 Å². The molecule has 290 valence electrons. The normalized spacial score (nSPS) is 12.5. The number of benzene rings is 10. The van der Waals surface area contributed by atoms with Gasteiger partial charge in [-0.05, 0) is 119 Å². The molecular formula is C58H37N3O. The van der Waals surface area contributed by atoms with E-state index in [1.54, 1.807) is 0 Å². The second-order valence-electron chi connectivity index (χ2n) is 16.2. The molecule has 4 heteroatoms. The average Bonchev–Trinajstić information content (AvgIpc) is 3.87. The van der Waals surface area contributed by atoms with Gasteiger partial charge in [0.05, 0.1) is 16.7 Å². The summed E-state index contributed by atoms with van der Waals surface area (Å²) in [6.45, 7) is 0. The highest BCUT2D eigenvalue weighted by atomic mass is 16.3. The summed E-state index contributed by atoms with van der Waals surface area (Å²) in [6.07, 6.45) is 0. The first-order valence-electron chi connectivity index (χ1n) is 21.2. The van der Waals surface area contributed by atoms with Gasteiger partial charge in [-0.2, -0.15) is 0 Å². The molecule has 0 atom stereocenters. The molecule has 8 bridgehead atoms. The standard InChI is InChI=1S/C58H37N3O/c1-2-22-49-38(12-1)13-11-26-54(49)61-55-25-5-3-23-50(55)51-30-28-47(36-56(51)61)59-43-18-7-14-39(32-43)41-16-9-20-45(34-41)60(46-21-10-17-42(35-46)40-15-8-19-44(59)33-40)48-29-31-53-52-24-4-6-27-57(52)62-58(53)37-48/h1-37H. The quantitative estimate of drug-likeness (QED) is 0.178. The summed E-state index contributed by atoms with van der Waals surface area (Å²) in [7, 11) is 0. The molecule has 0 amide bonds. The molecule has 1 aliphatic heterocycles. The van der Waals surface area contributed by atoms with Gasteiger partial charge < -0.3 is 18.8 Å². The van der Waals surface area contributed by atoms with Gasteiger partial charge in [0, 0.05) is 67.1 Å². The molecule has 0 saturated carbocycles. The molecule has 1 aliphatic rings. The summed E-state index contributed by atoms with van der Waals surface area (Å²) >= 11 is 0. The van der Waals surface area contributed by atoms with Crippen molar-refractivity contribution in [2.24, 2.45) is 0 Å². The van der Waals surface area contributed by atoms with Crippen LogP contribution in [0.25, 0.3) is 82.5 Å². The van der Waals surface area contributed by atoms with Gasteiger partial charge in [0.1, 0.15) is 11.2 Å². The number of anilines is 6. The van der Waals surface area contributed by atoms with E-state index in [0.717, 1.165) is 83.8 Å². The molecule has 0 unspecified atom stereocenters. The van der Waals surface area contributed by atoms with Crippen molar-refractivity contribution >= 4 is 88.6 Å². The lowest BCUT2D eigenvalue weighted by atomic mass is 10.00. The van der Waals surface area contributed by atoms with Crippen molar-refractivity contribution in [2.45, 2.75) is 0 Å². The van der Waals surface area contributed by atoms with Crippen LogP contribution in [-0.4, -0.2) is 4.57 Å². The topological polar surface area (TPSA) is 24.6 Å². The van der Waals surface area contributed by atoms with Crippen molar-refractivity contribution in [1.82, 2.24) is 4.57 Å². The third kappa shape index (κ3) is 5.40. The maximum atomic E-state index is 6.42. The van der Waals surface area contributed by atoms with Crippen molar-refractivity contribution < 1.29 is 4.42 Å².